The third-order valence-corrected chi connectivity index (χ3v) is 6.32. The van der Waals surface area contributed by atoms with Crippen LogP contribution in [0.2, 0.25) is 0 Å². The third-order valence-electron chi connectivity index (χ3n) is 6.32. The van der Waals surface area contributed by atoms with Gasteiger partial charge in [-0.1, -0.05) is 54.1 Å². The first kappa shape index (κ1) is 21.2. The Balaban J connectivity index is 1.52. The number of aromatic nitrogens is 1. The van der Waals surface area contributed by atoms with Crippen molar-refractivity contribution in [2.45, 2.75) is 44.6 Å². The van der Waals surface area contributed by atoms with Crippen LogP contribution in [-0.4, -0.2) is 17.6 Å². The molecular formula is C25H32N6. The molecule has 6 heteroatoms. The van der Waals surface area contributed by atoms with Crippen molar-refractivity contribution in [1.82, 2.24) is 10.3 Å². The minimum atomic E-state index is 0.0985. The summed E-state index contributed by atoms with van der Waals surface area (Å²) in [4.78, 5) is 4.22. The summed E-state index contributed by atoms with van der Waals surface area (Å²) in [5.41, 5.74) is 21.9. The fraction of sp³-hybridized carbons (Fsp3) is 0.320. The van der Waals surface area contributed by atoms with Crippen molar-refractivity contribution in [2.24, 2.45) is 5.84 Å². The van der Waals surface area contributed by atoms with Crippen LogP contribution in [-0.2, 0) is 12.8 Å². The summed E-state index contributed by atoms with van der Waals surface area (Å²) in [6.07, 6.45) is 4.28. The van der Waals surface area contributed by atoms with Crippen molar-refractivity contribution in [3.63, 3.8) is 0 Å². The van der Waals surface area contributed by atoms with Crippen molar-refractivity contribution in [1.29, 1.82) is 0 Å². The molecule has 0 saturated heterocycles. The Labute approximate surface area is 184 Å². The molecule has 0 spiro atoms. The monoisotopic (exact) mass is 416 g/mol. The zero-order chi connectivity index (χ0) is 21.8. The molecule has 31 heavy (non-hydrogen) atoms. The molecule has 1 aliphatic rings. The number of pyridine rings is 1. The predicted molar refractivity (Wildman–Crippen MR) is 129 cm³/mol. The fourth-order valence-electron chi connectivity index (χ4n) is 4.60. The number of nitrogens with one attached hydrogen (secondary N) is 2. The van der Waals surface area contributed by atoms with E-state index in [0.717, 1.165) is 37.8 Å². The second-order valence-electron chi connectivity index (χ2n) is 8.46. The normalized spacial score (nSPS) is 16.5. The summed E-state index contributed by atoms with van der Waals surface area (Å²) >= 11 is 0. The number of rotatable bonds is 7. The van der Waals surface area contributed by atoms with Crippen LogP contribution in [0.1, 0.15) is 46.6 Å². The lowest BCUT2D eigenvalue weighted by Crippen LogP contribution is -2.35. The van der Waals surface area contributed by atoms with Crippen LogP contribution < -0.4 is 28.1 Å². The Hall–Kier alpha value is -3.09. The van der Waals surface area contributed by atoms with Gasteiger partial charge < -0.3 is 22.2 Å². The highest BCUT2D eigenvalue weighted by molar-refractivity contribution is 5.70. The van der Waals surface area contributed by atoms with Gasteiger partial charge in [-0.15, -0.1) is 0 Å². The highest BCUT2D eigenvalue weighted by atomic mass is 15.3. The first-order valence-corrected chi connectivity index (χ1v) is 10.9. The van der Waals surface area contributed by atoms with Gasteiger partial charge in [-0.2, -0.15) is 0 Å². The molecule has 2 aromatic carbocycles. The number of hydrazine groups is 1. The van der Waals surface area contributed by atoms with Gasteiger partial charge in [0.2, 0.25) is 0 Å². The van der Waals surface area contributed by atoms with Crippen LogP contribution in [0.4, 0.5) is 17.3 Å². The van der Waals surface area contributed by atoms with E-state index in [9.17, 15) is 0 Å². The number of aryl methyl sites for hydroxylation is 2. The van der Waals surface area contributed by atoms with Crippen molar-refractivity contribution < 1.29 is 0 Å². The molecule has 2 atom stereocenters. The van der Waals surface area contributed by atoms with Gasteiger partial charge in [0.15, 0.2) is 5.82 Å². The Morgan fingerprint density at radius 3 is 2.55 bits per heavy atom. The van der Waals surface area contributed by atoms with E-state index in [1.54, 1.807) is 0 Å². The zero-order valence-electron chi connectivity index (χ0n) is 18.1. The minimum Gasteiger partial charge on any atom is -0.395 e. The standard InChI is InChI=1S/C25H32N6/c1-16-6-8-18(9-7-16)21(22-15-23(26)30-25(31-28)24(22)27)12-13-29-20-11-10-17-4-2-3-5-19(17)14-20/h2-9,15,20-21,29H,10-14,27-28H2,1H3,(H3,26,30,31). The number of hydrogen-bond donors (Lipinski definition) is 5. The summed E-state index contributed by atoms with van der Waals surface area (Å²) in [6.45, 7) is 2.98. The molecular weight excluding hydrogens is 384 g/mol. The van der Waals surface area contributed by atoms with Gasteiger partial charge in [-0.3, -0.25) is 0 Å². The number of hydrogen-bond acceptors (Lipinski definition) is 6. The summed E-state index contributed by atoms with van der Waals surface area (Å²) in [5.74, 6) is 6.55. The highest BCUT2D eigenvalue weighted by Gasteiger charge is 2.22. The van der Waals surface area contributed by atoms with E-state index in [2.05, 4.69) is 71.2 Å². The van der Waals surface area contributed by atoms with Gasteiger partial charge in [-0.25, -0.2) is 10.8 Å². The topological polar surface area (TPSA) is 115 Å². The van der Waals surface area contributed by atoms with E-state index >= 15 is 0 Å². The molecule has 8 N–H and O–H groups in total. The molecule has 0 radical (unpaired) electrons. The van der Waals surface area contributed by atoms with Crippen molar-refractivity contribution in [2.75, 3.05) is 23.4 Å². The van der Waals surface area contributed by atoms with Crippen LogP contribution in [0.15, 0.2) is 54.6 Å². The molecule has 6 nitrogen and oxygen atoms in total. The molecule has 1 aromatic heterocycles. The Morgan fingerprint density at radius 2 is 1.81 bits per heavy atom. The second kappa shape index (κ2) is 9.37. The smallest absolute Gasteiger partial charge is 0.165 e. The zero-order valence-corrected chi connectivity index (χ0v) is 18.1. The maximum atomic E-state index is 6.42. The quantitative estimate of drug-likeness (QED) is 0.297. The summed E-state index contributed by atoms with van der Waals surface area (Å²) in [7, 11) is 0. The van der Waals surface area contributed by atoms with Crippen molar-refractivity contribution in [3.05, 3.63) is 82.4 Å². The number of anilines is 3. The molecule has 0 amide bonds. The number of nitrogens with zero attached hydrogens (tertiary/aromatic N) is 1. The largest absolute Gasteiger partial charge is 0.395 e. The van der Waals surface area contributed by atoms with Crippen molar-refractivity contribution >= 4 is 17.3 Å². The predicted octanol–water partition coefficient (Wildman–Crippen LogP) is 3.51. The Morgan fingerprint density at radius 1 is 1.06 bits per heavy atom. The average molecular weight is 417 g/mol. The van der Waals surface area contributed by atoms with Gasteiger partial charge in [0.05, 0.1) is 5.69 Å². The molecule has 0 fully saturated rings. The third kappa shape index (κ3) is 4.81. The van der Waals surface area contributed by atoms with Crippen LogP contribution >= 0.6 is 0 Å². The lowest BCUT2D eigenvalue weighted by atomic mass is 9.86. The van der Waals surface area contributed by atoms with Crippen LogP contribution in [0.5, 0.6) is 0 Å². The fourth-order valence-corrected chi connectivity index (χ4v) is 4.60. The van der Waals surface area contributed by atoms with Crippen LogP contribution in [0.25, 0.3) is 0 Å². The van der Waals surface area contributed by atoms with Gasteiger partial charge in [0.1, 0.15) is 5.82 Å². The minimum absolute atomic E-state index is 0.0985. The van der Waals surface area contributed by atoms with E-state index in [1.807, 2.05) is 6.07 Å². The first-order chi connectivity index (χ1) is 15.0. The van der Waals surface area contributed by atoms with E-state index in [1.165, 1.54) is 22.3 Å². The van der Waals surface area contributed by atoms with Gasteiger partial charge in [0.25, 0.3) is 0 Å². The number of benzene rings is 2. The first-order valence-electron chi connectivity index (χ1n) is 10.9. The molecule has 2 unspecified atom stereocenters. The van der Waals surface area contributed by atoms with E-state index in [4.69, 9.17) is 17.3 Å². The van der Waals surface area contributed by atoms with Crippen LogP contribution in [0, 0.1) is 6.92 Å². The number of fused-ring (bicyclic) bond motifs is 1. The SMILES string of the molecule is Cc1ccc(C(CCNC2CCc3ccccc3C2)c2cc(N)nc(NN)c2N)cc1. The molecule has 4 rings (SSSR count). The number of nitrogens with two attached hydrogens (primary N) is 3. The highest BCUT2D eigenvalue weighted by Crippen LogP contribution is 2.35. The Bertz CT molecular complexity index is 1030. The van der Waals surface area contributed by atoms with Gasteiger partial charge >= 0.3 is 0 Å². The number of nitrogen functional groups attached to an aromatic ring is 3. The summed E-state index contributed by atoms with van der Waals surface area (Å²) in [6, 6.07) is 19.7. The Kier molecular flexibility index (Phi) is 6.39. The molecule has 3 aromatic rings. The average Bonchev–Trinajstić information content (AvgIpc) is 2.79. The molecule has 162 valence electrons. The molecule has 0 bridgehead atoms. The lowest BCUT2D eigenvalue weighted by molar-refractivity contribution is 0.448. The molecule has 0 saturated carbocycles. The maximum absolute atomic E-state index is 6.42. The second-order valence-corrected chi connectivity index (χ2v) is 8.46. The van der Waals surface area contributed by atoms with Crippen LogP contribution in [0.3, 0.4) is 0 Å². The van der Waals surface area contributed by atoms with E-state index < -0.39 is 0 Å². The lowest BCUT2D eigenvalue weighted by Gasteiger charge is -2.27. The molecule has 1 heterocycles. The van der Waals surface area contributed by atoms with E-state index in [0.29, 0.717) is 23.4 Å². The summed E-state index contributed by atoms with van der Waals surface area (Å²) in [5, 5.41) is 3.78. The van der Waals surface area contributed by atoms with Gasteiger partial charge in [-0.05, 0) is 67.5 Å². The summed E-state index contributed by atoms with van der Waals surface area (Å²) < 4.78 is 0. The maximum Gasteiger partial charge on any atom is 0.165 e. The van der Waals surface area contributed by atoms with Crippen molar-refractivity contribution in [3.8, 4) is 0 Å². The van der Waals surface area contributed by atoms with E-state index in [-0.39, 0.29) is 5.92 Å². The van der Waals surface area contributed by atoms with Gasteiger partial charge in [0, 0.05) is 12.0 Å². The molecule has 1 aliphatic carbocycles. The molecule has 0 aliphatic heterocycles.